The number of alkyl halides is 2. The van der Waals surface area contributed by atoms with E-state index in [4.69, 9.17) is 0 Å². The number of halogens is 2. The summed E-state index contributed by atoms with van der Waals surface area (Å²) in [5.41, 5.74) is 1.85. The van der Waals surface area contributed by atoms with E-state index in [1.54, 1.807) is 23.1 Å². The van der Waals surface area contributed by atoms with Crippen molar-refractivity contribution in [3.8, 4) is 16.2 Å². The molecule has 0 radical (unpaired) electrons. The zero-order chi connectivity index (χ0) is 17.1. The fourth-order valence-corrected chi connectivity index (χ4v) is 3.16. The maximum atomic E-state index is 12.4. The van der Waals surface area contributed by atoms with Crippen molar-refractivity contribution < 1.29 is 13.5 Å². The van der Waals surface area contributed by atoms with Gasteiger partial charge in [0.05, 0.1) is 4.88 Å². The predicted molar refractivity (Wildman–Crippen MR) is 91.4 cm³/mol. The fraction of sp³-hybridized carbons (Fsp3) is 0.118. The molecule has 0 saturated heterocycles. The fourth-order valence-electron chi connectivity index (χ4n) is 2.24. The van der Waals surface area contributed by atoms with Crippen LogP contribution in [0.2, 0.25) is 0 Å². The third kappa shape index (κ3) is 3.46. The summed E-state index contributed by atoms with van der Waals surface area (Å²) in [5.74, 6) is 0.0667. The molecule has 1 N–H and O–H groups in total. The Morgan fingerprint density at radius 3 is 2.38 bits per heavy atom. The minimum absolute atomic E-state index is 0.0667. The van der Waals surface area contributed by atoms with E-state index in [-0.39, 0.29) is 11.3 Å². The summed E-state index contributed by atoms with van der Waals surface area (Å²) in [6.07, 6.45) is 0. The number of nitrogens with zero attached hydrogens (tertiary/aromatic N) is 1. The van der Waals surface area contributed by atoms with Crippen LogP contribution >= 0.6 is 11.5 Å². The maximum absolute atomic E-state index is 12.4. The number of nitrogens with one attached hydrogen (secondary N) is 1. The summed E-state index contributed by atoms with van der Waals surface area (Å²) in [7, 11) is 1.70. The molecule has 0 saturated carbocycles. The minimum atomic E-state index is -2.86. The molecular weight excluding hydrogens is 334 g/mol. The van der Waals surface area contributed by atoms with Crippen molar-refractivity contribution in [2.24, 2.45) is 7.05 Å². The van der Waals surface area contributed by atoms with E-state index < -0.39 is 6.61 Å². The van der Waals surface area contributed by atoms with Crippen molar-refractivity contribution in [2.75, 3.05) is 5.32 Å². The van der Waals surface area contributed by atoms with Gasteiger partial charge in [0.1, 0.15) is 11.4 Å². The van der Waals surface area contributed by atoms with Crippen LogP contribution in [0.25, 0.3) is 10.4 Å². The second-order valence-electron chi connectivity index (χ2n) is 4.99. The number of rotatable bonds is 5. The molecule has 1 aromatic heterocycles. The van der Waals surface area contributed by atoms with Gasteiger partial charge in [-0.1, -0.05) is 41.9 Å². The Morgan fingerprint density at radius 1 is 1.08 bits per heavy atom. The smallest absolute Gasteiger partial charge is 0.387 e. The number of aromatic nitrogens is 1. The Hall–Kier alpha value is -2.67. The number of benzene rings is 2. The third-order valence-electron chi connectivity index (χ3n) is 3.34. The van der Waals surface area contributed by atoms with Crippen LogP contribution in [0.5, 0.6) is 5.75 Å². The molecule has 0 amide bonds. The molecule has 0 fully saturated rings. The molecule has 0 aliphatic heterocycles. The Kier molecular flexibility index (Phi) is 4.61. The van der Waals surface area contributed by atoms with Crippen molar-refractivity contribution in [2.45, 2.75) is 6.61 Å². The molecule has 0 aliphatic carbocycles. The summed E-state index contributed by atoms with van der Waals surface area (Å²) >= 11 is 1.34. The predicted octanol–water partition coefficient (Wildman–Crippen LogP) is 4.46. The molecule has 124 valence electrons. The Morgan fingerprint density at radius 2 is 1.75 bits per heavy atom. The Labute approximate surface area is 141 Å². The van der Waals surface area contributed by atoms with Crippen LogP contribution in [-0.4, -0.2) is 10.6 Å². The van der Waals surface area contributed by atoms with Gasteiger partial charge in [-0.3, -0.25) is 8.75 Å². The van der Waals surface area contributed by atoms with Crippen molar-refractivity contribution in [3.63, 3.8) is 0 Å². The first-order chi connectivity index (χ1) is 11.5. The summed E-state index contributed by atoms with van der Waals surface area (Å²) in [5, 5.41) is 3.07. The monoisotopic (exact) mass is 348 g/mol. The highest BCUT2D eigenvalue weighted by molar-refractivity contribution is 7.10. The van der Waals surface area contributed by atoms with Gasteiger partial charge < -0.3 is 10.1 Å². The highest BCUT2D eigenvalue weighted by Gasteiger charge is 2.15. The number of hydrogen-bond donors (Lipinski definition) is 1. The Bertz CT molecular complexity index is 874. The summed E-state index contributed by atoms with van der Waals surface area (Å²) in [6.45, 7) is -2.86. The van der Waals surface area contributed by atoms with E-state index >= 15 is 0 Å². The standard InChI is InChI=1S/C17H14F2N2O2S/c1-21-16(22)14(15(24-21)11-5-3-2-4-6-11)20-12-7-9-13(10-8-12)23-17(18)19/h2-10,17,20H,1H3. The van der Waals surface area contributed by atoms with Gasteiger partial charge in [-0.2, -0.15) is 8.78 Å². The van der Waals surface area contributed by atoms with Crippen LogP contribution < -0.4 is 15.6 Å². The first-order valence-corrected chi connectivity index (χ1v) is 7.89. The summed E-state index contributed by atoms with van der Waals surface area (Å²) in [4.78, 5) is 13.2. The number of aryl methyl sites for hydroxylation is 1. The first kappa shape index (κ1) is 16.2. The highest BCUT2D eigenvalue weighted by atomic mass is 32.1. The molecule has 0 bridgehead atoms. The van der Waals surface area contributed by atoms with E-state index in [0.717, 1.165) is 10.4 Å². The number of hydrogen-bond acceptors (Lipinski definition) is 4. The van der Waals surface area contributed by atoms with Gasteiger partial charge in [0.2, 0.25) is 0 Å². The summed E-state index contributed by atoms with van der Waals surface area (Å²) < 4.78 is 30.2. The SMILES string of the molecule is Cn1sc(-c2ccccc2)c(Nc2ccc(OC(F)F)cc2)c1=O. The zero-order valence-electron chi connectivity index (χ0n) is 12.7. The largest absolute Gasteiger partial charge is 0.435 e. The number of anilines is 2. The third-order valence-corrected chi connectivity index (χ3v) is 4.40. The average molecular weight is 348 g/mol. The minimum Gasteiger partial charge on any atom is -0.435 e. The lowest BCUT2D eigenvalue weighted by molar-refractivity contribution is -0.0498. The molecule has 0 aliphatic rings. The van der Waals surface area contributed by atoms with Crippen LogP contribution in [0.4, 0.5) is 20.2 Å². The normalized spacial score (nSPS) is 10.8. The molecule has 3 aromatic rings. The van der Waals surface area contributed by atoms with E-state index in [2.05, 4.69) is 10.1 Å². The molecule has 1 heterocycles. The lowest BCUT2D eigenvalue weighted by Crippen LogP contribution is -2.12. The van der Waals surface area contributed by atoms with Crippen LogP contribution in [-0.2, 0) is 7.05 Å². The van der Waals surface area contributed by atoms with E-state index in [0.29, 0.717) is 11.4 Å². The van der Waals surface area contributed by atoms with E-state index in [1.807, 2.05) is 30.3 Å². The van der Waals surface area contributed by atoms with Gasteiger partial charge in [-0.05, 0) is 29.8 Å². The van der Waals surface area contributed by atoms with Crippen LogP contribution in [0, 0.1) is 0 Å². The zero-order valence-corrected chi connectivity index (χ0v) is 13.5. The van der Waals surface area contributed by atoms with Crippen molar-refractivity contribution in [1.29, 1.82) is 0 Å². The van der Waals surface area contributed by atoms with Gasteiger partial charge in [0.25, 0.3) is 5.56 Å². The molecule has 0 unspecified atom stereocenters. The molecule has 2 aromatic carbocycles. The lowest BCUT2D eigenvalue weighted by atomic mass is 10.1. The molecular formula is C17H14F2N2O2S. The number of ether oxygens (including phenoxy) is 1. The maximum Gasteiger partial charge on any atom is 0.387 e. The highest BCUT2D eigenvalue weighted by Crippen LogP contribution is 2.32. The van der Waals surface area contributed by atoms with Crippen molar-refractivity contribution >= 4 is 22.9 Å². The van der Waals surface area contributed by atoms with Gasteiger partial charge in [-0.15, -0.1) is 0 Å². The second kappa shape index (κ2) is 6.84. The molecule has 24 heavy (non-hydrogen) atoms. The molecule has 3 rings (SSSR count). The molecule has 7 heteroatoms. The lowest BCUT2D eigenvalue weighted by Gasteiger charge is -2.08. The summed E-state index contributed by atoms with van der Waals surface area (Å²) in [6, 6.07) is 15.6. The van der Waals surface area contributed by atoms with Gasteiger partial charge >= 0.3 is 6.61 Å². The molecule has 0 atom stereocenters. The van der Waals surface area contributed by atoms with Gasteiger partial charge in [0, 0.05) is 12.7 Å². The molecule has 0 spiro atoms. The van der Waals surface area contributed by atoms with Crippen molar-refractivity contribution in [1.82, 2.24) is 3.96 Å². The van der Waals surface area contributed by atoms with Gasteiger partial charge in [0.15, 0.2) is 0 Å². The average Bonchev–Trinajstić information content (AvgIpc) is 2.85. The Balaban J connectivity index is 1.91. The second-order valence-corrected chi connectivity index (χ2v) is 6.13. The van der Waals surface area contributed by atoms with Gasteiger partial charge in [-0.25, -0.2) is 0 Å². The van der Waals surface area contributed by atoms with Crippen LogP contribution in [0.1, 0.15) is 0 Å². The van der Waals surface area contributed by atoms with E-state index in [9.17, 15) is 13.6 Å². The molecule has 4 nitrogen and oxygen atoms in total. The quantitative estimate of drug-likeness (QED) is 0.740. The van der Waals surface area contributed by atoms with E-state index in [1.165, 1.54) is 23.7 Å². The van der Waals surface area contributed by atoms with Crippen LogP contribution in [0.3, 0.4) is 0 Å². The topological polar surface area (TPSA) is 43.3 Å². The van der Waals surface area contributed by atoms with Crippen LogP contribution in [0.15, 0.2) is 59.4 Å². The van der Waals surface area contributed by atoms with Crippen molar-refractivity contribution in [3.05, 3.63) is 65.0 Å². The first-order valence-electron chi connectivity index (χ1n) is 7.12.